The van der Waals surface area contributed by atoms with E-state index in [1.54, 1.807) is 17.7 Å². The number of aryl methyl sites for hydroxylation is 1. The van der Waals surface area contributed by atoms with Crippen LogP contribution in [0.2, 0.25) is 0 Å². The Balaban J connectivity index is 1.41. The van der Waals surface area contributed by atoms with Crippen LogP contribution in [0.25, 0.3) is 10.2 Å². The van der Waals surface area contributed by atoms with Gasteiger partial charge < -0.3 is 9.80 Å². The molecule has 2 aliphatic rings. The number of carbonyl (C=O) groups is 1. The van der Waals surface area contributed by atoms with E-state index in [2.05, 4.69) is 34.7 Å². The van der Waals surface area contributed by atoms with E-state index in [-0.39, 0.29) is 11.4 Å². The summed E-state index contributed by atoms with van der Waals surface area (Å²) in [6, 6.07) is 2.05. The van der Waals surface area contributed by atoms with Gasteiger partial charge in [-0.25, -0.2) is 9.97 Å². The number of likely N-dealkylation sites (tertiary alicyclic amines) is 1. The van der Waals surface area contributed by atoms with Crippen molar-refractivity contribution in [3.8, 4) is 0 Å². The second-order valence-electron chi connectivity index (χ2n) is 7.64. The van der Waals surface area contributed by atoms with Crippen LogP contribution in [0.4, 0.5) is 5.82 Å². The molecule has 0 aliphatic carbocycles. The molecule has 1 atom stereocenters. The minimum absolute atomic E-state index is 0.0517. The van der Waals surface area contributed by atoms with Gasteiger partial charge in [0.1, 0.15) is 17.0 Å². The van der Waals surface area contributed by atoms with Gasteiger partial charge in [-0.05, 0) is 62.0 Å². The molecule has 2 saturated heterocycles. The maximum Gasteiger partial charge on any atom is 0.267 e. The highest BCUT2D eigenvalue weighted by Gasteiger charge is 2.45. The van der Waals surface area contributed by atoms with Crippen molar-refractivity contribution in [3.63, 3.8) is 0 Å². The van der Waals surface area contributed by atoms with Crippen molar-refractivity contribution >= 4 is 44.8 Å². The van der Waals surface area contributed by atoms with Gasteiger partial charge >= 0.3 is 0 Å². The minimum atomic E-state index is -0.0517. The van der Waals surface area contributed by atoms with Crippen molar-refractivity contribution in [2.45, 2.75) is 44.6 Å². The van der Waals surface area contributed by atoms with Gasteiger partial charge in [0.2, 0.25) is 0 Å². The van der Waals surface area contributed by atoms with Crippen LogP contribution in [-0.4, -0.2) is 55.5 Å². The van der Waals surface area contributed by atoms with Crippen LogP contribution in [0.15, 0.2) is 17.8 Å². The summed E-state index contributed by atoms with van der Waals surface area (Å²) in [7, 11) is 0. The van der Waals surface area contributed by atoms with E-state index in [9.17, 15) is 4.79 Å². The molecule has 1 amide bonds. The zero-order valence-corrected chi connectivity index (χ0v) is 17.4. The number of carbonyl (C=O) groups excluding carboxylic acids is 1. The molecule has 0 aromatic carbocycles. The molecule has 3 aromatic heterocycles. The van der Waals surface area contributed by atoms with Gasteiger partial charge in [-0.2, -0.15) is 0 Å². The molecular weight excluding hydrogens is 392 g/mol. The topological polar surface area (TPSA) is 75.1 Å². The lowest BCUT2D eigenvalue weighted by Gasteiger charge is -2.38. The minimum Gasteiger partial charge on any atom is -0.355 e. The summed E-state index contributed by atoms with van der Waals surface area (Å²) < 4.78 is 5.12. The number of rotatable bonds is 2. The number of anilines is 1. The van der Waals surface area contributed by atoms with E-state index in [0.717, 1.165) is 73.5 Å². The number of nitrogens with zero attached hydrogens (tertiary/aromatic N) is 6. The van der Waals surface area contributed by atoms with Gasteiger partial charge in [0.15, 0.2) is 0 Å². The molecule has 2 fully saturated rings. The van der Waals surface area contributed by atoms with Crippen LogP contribution < -0.4 is 4.90 Å². The molecule has 5 heterocycles. The van der Waals surface area contributed by atoms with Gasteiger partial charge in [-0.15, -0.1) is 16.4 Å². The lowest BCUT2D eigenvalue weighted by Crippen LogP contribution is -2.48. The first-order valence-corrected chi connectivity index (χ1v) is 11.4. The average molecular weight is 415 g/mol. The van der Waals surface area contributed by atoms with Crippen LogP contribution in [0.1, 0.15) is 47.5 Å². The van der Waals surface area contributed by atoms with Gasteiger partial charge in [0, 0.05) is 25.2 Å². The molecule has 0 saturated carbocycles. The van der Waals surface area contributed by atoms with Crippen LogP contribution in [0, 0.1) is 6.92 Å². The van der Waals surface area contributed by atoms with Gasteiger partial charge in [0.25, 0.3) is 5.91 Å². The van der Waals surface area contributed by atoms with E-state index in [1.807, 2.05) is 13.0 Å². The summed E-state index contributed by atoms with van der Waals surface area (Å²) in [5.74, 6) is 1.15. The Morgan fingerprint density at radius 1 is 1.14 bits per heavy atom. The Hall–Kier alpha value is -2.13. The summed E-state index contributed by atoms with van der Waals surface area (Å²) in [6.45, 7) is 4.58. The summed E-state index contributed by atoms with van der Waals surface area (Å²) >= 11 is 2.92. The van der Waals surface area contributed by atoms with Crippen LogP contribution >= 0.6 is 22.9 Å². The number of fused-ring (bicyclic) bond motifs is 1. The second kappa shape index (κ2) is 7.04. The van der Waals surface area contributed by atoms with Crippen molar-refractivity contribution in [2.75, 3.05) is 24.5 Å². The molecule has 0 radical (unpaired) electrons. The van der Waals surface area contributed by atoms with Crippen molar-refractivity contribution in [3.05, 3.63) is 28.3 Å². The van der Waals surface area contributed by atoms with Crippen molar-refractivity contribution in [2.24, 2.45) is 0 Å². The molecular formula is C19H22N6OS2. The summed E-state index contributed by atoms with van der Waals surface area (Å²) in [6.07, 6.45) is 6.88. The fourth-order valence-corrected chi connectivity index (χ4v) is 6.19. The predicted octanol–water partition coefficient (Wildman–Crippen LogP) is 3.52. The van der Waals surface area contributed by atoms with Crippen molar-refractivity contribution in [1.82, 2.24) is 24.5 Å². The Bertz CT molecular complexity index is 1020. The average Bonchev–Trinajstić information content (AvgIpc) is 3.40. The molecule has 0 unspecified atom stereocenters. The lowest BCUT2D eigenvalue weighted by atomic mass is 9.87. The fraction of sp³-hybridized carbons (Fsp3) is 0.526. The van der Waals surface area contributed by atoms with Gasteiger partial charge in [0.05, 0.1) is 15.9 Å². The summed E-state index contributed by atoms with van der Waals surface area (Å²) in [4.78, 5) is 27.4. The smallest absolute Gasteiger partial charge is 0.267 e. The molecule has 5 rings (SSSR count). The molecule has 7 nitrogen and oxygen atoms in total. The summed E-state index contributed by atoms with van der Waals surface area (Å²) in [5.41, 5.74) is 1.71. The second-order valence-corrected chi connectivity index (χ2v) is 9.32. The third kappa shape index (κ3) is 2.88. The maximum atomic E-state index is 13.2. The predicted molar refractivity (Wildman–Crippen MR) is 111 cm³/mol. The van der Waals surface area contributed by atoms with E-state index < -0.39 is 0 Å². The molecule has 146 valence electrons. The standard InChI is InChI=1S/C19H22N6OS2/c1-13-15(28-23-22-13)18(26)25-9-3-6-19(25)5-2-8-24(10-7-19)17-16-14(4-11-27-16)20-12-21-17/h4,11-12H,2-3,5-10H2,1H3/t19-/m1/s1. The lowest BCUT2D eigenvalue weighted by molar-refractivity contribution is 0.0570. The molecule has 2 aliphatic heterocycles. The van der Waals surface area contributed by atoms with Crippen molar-refractivity contribution in [1.29, 1.82) is 0 Å². The number of aromatic nitrogens is 4. The highest BCUT2D eigenvalue weighted by Crippen LogP contribution is 2.41. The Kier molecular flexibility index (Phi) is 4.51. The number of thiophene rings is 1. The largest absolute Gasteiger partial charge is 0.355 e. The third-order valence-corrected chi connectivity index (χ3v) is 7.84. The van der Waals surface area contributed by atoms with Gasteiger partial charge in [-0.3, -0.25) is 4.79 Å². The maximum absolute atomic E-state index is 13.2. The van der Waals surface area contributed by atoms with Gasteiger partial charge in [-0.1, -0.05) is 4.49 Å². The van der Waals surface area contributed by atoms with E-state index in [0.29, 0.717) is 4.88 Å². The number of amides is 1. The van der Waals surface area contributed by atoms with Crippen LogP contribution in [0.5, 0.6) is 0 Å². The third-order valence-electron chi connectivity index (χ3n) is 6.13. The monoisotopic (exact) mass is 414 g/mol. The molecule has 0 N–H and O–H groups in total. The quantitative estimate of drug-likeness (QED) is 0.639. The van der Waals surface area contributed by atoms with E-state index >= 15 is 0 Å². The molecule has 1 spiro atoms. The van der Waals surface area contributed by atoms with E-state index in [1.165, 1.54) is 11.5 Å². The SMILES string of the molecule is Cc1nnsc1C(=O)N1CCC[C@@]12CCCN(c1ncnc3ccsc13)CC2. The first-order valence-electron chi connectivity index (χ1n) is 9.72. The number of hydrogen-bond acceptors (Lipinski definition) is 8. The Morgan fingerprint density at radius 3 is 2.82 bits per heavy atom. The van der Waals surface area contributed by atoms with Crippen molar-refractivity contribution < 1.29 is 4.79 Å². The van der Waals surface area contributed by atoms with Crippen LogP contribution in [-0.2, 0) is 0 Å². The first kappa shape index (κ1) is 17.9. The normalized spacial score (nSPS) is 22.9. The Labute approximate surface area is 171 Å². The van der Waals surface area contributed by atoms with Crippen LogP contribution in [0.3, 0.4) is 0 Å². The zero-order valence-electron chi connectivity index (χ0n) is 15.8. The number of hydrogen-bond donors (Lipinski definition) is 0. The molecule has 9 heteroatoms. The Morgan fingerprint density at radius 2 is 2.00 bits per heavy atom. The molecule has 3 aromatic rings. The molecule has 28 heavy (non-hydrogen) atoms. The summed E-state index contributed by atoms with van der Waals surface area (Å²) in [5, 5.41) is 6.11. The highest BCUT2D eigenvalue weighted by molar-refractivity contribution is 7.17. The zero-order chi connectivity index (χ0) is 19.1. The first-order chi connectivity index (χ1) is 13.7. The fourth-order valence-electron chi connectivity index (χ4n) is 4.72. The molecule has 0 bridgehead atoms. The van der Waals surface area contributed by atoms with E-state index in [4.69, 9.17) is 0 Å². The highest BCUT2D eigenvalue weighted by atomic mass is 32.1.